The Balaban J connectivity index is 2.24. The summed E-state index contributed by atoms with van der Waals surface area (Å²) in [6.07, 6.45) is 2.44. The third-order valence-corrected chi connectivity index (χ3v) is 4.85. The molecule has 1 heterocycles. The summed E-state index contributed by atoms with van der Waals surface area (Å²) < 4.78 is 16.3. The number of hydrogen-bond donors (Lipinski definition) is 2. The van der Waals surface area contributed by atoms with Gasteiger partial charge in [-0.05, 0) is 25.7 Å². The Morgan fingerprint density at radius 3 is 2.46 bits per heavy atom. The van der Waals surface area contributed by atoms with Crippen molar-refractivity contribution in [3.05, 3.63) is 17.7 Å². The molecule has 8 nitrogen and oxygen atoms in total. The van der Waals surface area contributed by atoms with E-state index < -0.39 is 0 Å². The van der Waals surface area contributed by atoms with Crippen LogP contribution >= 0.6 is 0 Å². The largest absolute Gasteiger partial charge is 0.496 e. The minimum absolute atomic E-state index is 0.249. The van der Waals surface area contributed by atoms with Crippen molar-refractivity contribution in [1.29, 1.82) is 0 Å². The zero-order chi connectivity index (χ0) is 20.5. The second-order valence-corrected chi connectivity index (χ2v) is 6.81. The van der Waals surface area contributed by atoms with Crippen LogP contribution in [-0.2, 0) is 11.3 Å². The predicted octanol–water partition coefficient (Wildman–Crippen LogP) is 1.77. The maximum atomic E-state index is 11.3. The van der Waals surface area contributed by atoms with Crippen LogP contribution in [0.5, 0.6) is 17.2 Å². The molecule has 1 fully saturated rings. The number of piperidine rings is 1. The van der Waals surface area contributed by atoms with E-state index in [1.165, 1.54) is 0 Å². The Bertz CT molecular complexity index is 668. The van der Waals surface area contributed by atoms with Crippen molar-refractivity contribution in [2.45, 2.75) is 32.7 Å². The van der Waals surface area contributed by atoms with Crippen LogP contribution in [0.2, 0.25) is 0 Å². The Kier molecular flexibility index (Phi) is 8.22. The average Bonchev–Trinajstić information content (AvgIpc) is 2.70. The number of likely N-dealkylation sites (tertiary alicyclic amines) is 1. The molecule has 1 unspecified atom stereocenters. The van der Waals surface area contributed by atoms with E-state index in [2.05, 4.69) is 10.2 Å². The molecule has 1 amide bonds. The van der Waals surface area contributed by atoms with Crippen molar-refractivity contribution in [2.24, 2.45) is 16.6 Å². The van der Waals surface area contributed by atoms with Crippen LogP contribution in [0, 0.1) is 5.92 Å². The van der Waals surface area contributed by atoms with Crippen LogP contribution in [0.25, 0.3) is 0 Å². The van der Waals surface area contributed by atoms with E-state index in [1.54, 1.807) is 21.3 Å². The molecule has 0 aromatic heterocycles. The molecule has 1 saturated heterocycles. The maximum Gasteiger partial charge on any atom is 0.217 e. The van der Waals surface area contributed by atoms with E-state index in [0.29, 0.717) is 30.2 Å². The highest BCUT2D eigenvalue weighted by Crippen LogP contribution is 2.34. The standard InChI is InChI=1S/C20H32N4O4/c1-5-22-20(24-8-6-7-14(13-24)9-19(21)25)23-12-16-17(27-3)10-15(26-2)11-18(16)28-4/h10-11,14H,5-9,12-13H2,1-4H3,(H2,21,25)(H,22,23). The number of methoxy groups -OCH3 is 3. The topological polar surface area (TPSA) is 98.4 Å². The SMILES string of the molecule is CCNC(=NCc1c(OC)cc(OC)cc1OC)N1CCCC(CC(N)=O)C1. The van der Waals surface area contributed by atoms with Gasteiger partial charge in [0.2, 0.25) is 5.91 Å². The number of carbonyl (C=O) groups is 1. The minimum atomic E-state index is -0.249. The summed E-state index contributed by atoms with van der Waals surface area (Å²) in [5.41, 5.74) is 6.24. The summed E-state index contributed by atoms with van der Waals surface area (Å²) in [4.78, 5) is 18.3. The zero-order valence-corrected chi connectivity index (χ0v) is 17.3. The van der Waals surface area contributed by atoms with Gasteiger partial charge in [-0.1, -0.05) is 0 Å². The van der Waals surface area contributed by atoms with E-state index >= 15 is 0 Å². The second kappa shape index (κ2) is 10.6. The molecule has 1 aliphatic rings. The van der Waals surface area contributed by atoms with Gasteiger partial charge in [0.25, 0.3) is 0 Å². The monoisotopic (exact) mass is 392 g/mol. The minimum Gasteiger partial charge on any atom is -0.496 e. The fraction of sp³-hybridized carbons (Fsp3) is 0.600. The number of aliphatic imine (C=N–C) groups is 1. The fourth-order valence-electron chi connectivity index (χ4n) is 3.52. The first-order valence-corrected chi connectivity index (χ1v) is 9.62. The molecule has 0 radical (unpaired) electrons. The Hall–Kier alpha value is -2.64. The van der Waals surface area contributed by atoms with Gasteiger partial charge in [0.15, 0.2) is 5.96 Å². The van der Waals surface area contributed by atoms with E-state index in [4.69, 9.17) is 24.9 Å². The third kappa shape index (κ3) is 5.68. The molecule has 1 aliphatic heterocycles. The number of guanidine groups is 1. The van der Waals surface area contributed by atoms with Gasteiger partial charge in [0, 0.05) is 38.2 Å². The molecule has 0 spiro atoms. The molecule has 3 N–H and O–H groups in total. The molecule has 0 bridgehead atoms. The molecule has 8 heteroatoms. The van der Waals surface area contributed by atoms with E-state index in [0.717, 1.165) is 44.0 Å². The lowest BCUT2D eigenvalue weighted by Crippen LogP contribution is -2.47. The van der Waals surface area contributed by atoms with Crippen molar-refractivity contribution in [3.63, 3.8) is 0 Å². The van der Waals surface area contributed by atoms with Gasteiger partial charge in [-0.3, -0.25) is 4.79 Å². The number of carbonyl (C=O) groups excluding carboxylic acids is 1. The highest BCUT2D eigenvalue weighted by molar-refractivity contribution is 5.80. The highest BCUT2D eigenvalue weighted by atomic mass is 16.5. The first-order valence-electron chi connectivity index (χ1n) is 9.62. The Morgan fingerprint density at radius 2 is 1.93 bits per heavy atom. The molecule has 1 atom stereocenters. The lowest BCUT2D eigenvalue weighted by molar-refractivity contribution is -0.119. The quantitative estimate of drug-likeness (QED) is 0.517. The van der Waals surface area contributed by atoms with Gasteiger partial charge in [-0.25, -0.2) is 4.99 Å². The van der Waals surface area contributed by atoms with Crippen LogP contribution in [0.15, 0.2) is 17.1 Å². The molecule has 28 heavy (non-hydrogen) atoms. The lowest BCUT2D eigenvalue weighted by atomic mass is 9.95. The molecule has 1 aromatic carbocycles. The van der Waals surface area contributed by atoms with Crippen molar-refractivity contribution in [3.8, 4) is 17.2 Å². The summed E-state index contributed by atoms with van der Waals surface area (Å²) in [6.45, 7) is 4.86. The molecular weight excluding hydrogens is 360 g/mol. The number of nitrogens with two attached hydrogens (primary N) is 1. The van der Waals surface area contributed by atoms with E-state index in [1.807, 2.05) is 19.1 Å². The maximum absolute atomic E-state index is 11.3. The van der Waals surface area contributed by atoms with Gasteiger partial charge in [0.1, 0.15) is 17.2 Å². The number of primary amides is 1. The first-order chi connectivity index (χ1) is 13.5. The number of amides is 1. The number of benzene rings is 1. The number of hydrogen-bond acceptors (Lipinski definition) is 5. The van der Waals surface area contributed by atoms with Crippen LogP contribution in [0.4, 0.5) is 0 Å². The van der Waals surface area contributed by atoms with Gasteiger partial charge in [-0.2, -0.15) is 0 Å². The predicted molar refractivity (Wildman–Crippen MR) is 109 cm³/mol. The summed E-state index contributed by atoms with van der Waals surface area (Å²) in [5, 5.41) is 3.35. The fourth-order valence-corrected chi connectivity index (χ4v) is 3.52. The van der Waals surface area contributed by atoms with Crippen molar-refractivity contribution >= 4 is 11.9 Å². The van der Waals surface area contributed by atoms with Crippen molar-refractivity contribution < 1.29 is 19.0 Å². The van der Waals surface area contributed by atoms with Crippen molar-refractivity contribution in [1.82, 2.24) is 10.2 Å². The zero-order valence-electron chi connectivity index (χ0n) is 17.3. The molecule has 156 valence electrons. The van der Waals surface area contributed by atoms with Gasteiger partial charge >= 0.3 is 0 Å². The molecular formula is C20H32N4O4. The normalized spacial score (nSPS) is 17.2. The number of nitrogens with one attached hydrogen (secondary N) is 1. The summed E-state index contributed by atoms with van der Waals surface area (Å²) in [6, 6.07) is 3.65. The summed E-state index contributed by atoms with van der Waals surface area (Å²) in [7, 11) is 4.84. The highest BCUT2D eigenvalue weighted by Gasteiger charge is 2.24. The molecule has 2 rings (SSSR count). The molecule has 0 aliphatic carbocycles. The van der Waals surface area contributed by atoms with Gasteiger partial charge < -0.3 is 30.2 Å². The van der Waals surface area contributed by atoms with E-state index in [9.17, 15) is 4.79 Å². The smallest absolute Gasteiger partial charge is 0.217 e. The van der Waals surface area contributed by atoms with Crippen LogP contribution < -0.4 is 25.3 Å². The average molecular weight is 393 g/mol. The Labute approximate surface area is 167 Å². The Morgan fingerprint density at radius 1 is 1.25 bits per heavy atom. The number of rotatable bonds is 8. The van der Waals surface area contributed by atoms with E-state index in [-0.39, 0.29) is 11.8 Å². The van der Waals surface area contributed by atoms with Gasteiger partial charge in [-0.15, -0.1) is 0 Å². The van der Waals surface area contributed by atoms with Crippen molar-refractivity contribution in [2.75, 3.05) is 41.0 Å². The van der Waals surface area contributed by atoms with Crippen LogP contribution in [0.3, 0.4) is 0 Å². The molecule has 0 saturated carbocycles. The summed E-state index contributed by atoms with van der Waals surface area (Å²) >= 11 is 0. The second-order valence-electron chi connectivity index (χ2n) is 6.81. The lowest BCUT2D eigenvalue weighted by Gasteiger charge is -2.34. The summed E-state index contributed by atoms with van der Waals surface area (Å²) in [5.74, 6) is 2.83. The number of nitrogens with zero attached hydrogens (tertiary/aromatic N) is 2. The van der Waals surface area contributed by atoms with Crippen LogP contribution in [0.1, 0.15) is 31.7 Å². The van der Waals surface area contributed by atoms with Gasteiger partial charge in [0.05, 0.1) is 33.4 Å². The van der Waals surface area contributed by atoms with Crippen LogP contribution in [-0.4, -0.2) is 57.7 Å². The number of ether oxygens (including phenoxy) is 3. The third-order valence-electron chi connectivity index (χ3n) is 4.85. The first kappa shape index (κ1) is 21.7. The molecule has 1 aromatic rings.